The molecule has 0 aromatic heterocycles. The monoisotopic (exact) mass is 222 g/mol. The zero-order valence-electron chi connectivity index (χ0n) is 8.59. The SMILES string of the molecule is CC1(C)OC2C(O)[C@@H](C(O)CF)O[C@@H]2O1. The Bertz CT molecular complexity index is 247. The minimum Gasteiger partial charge on any atom is -0.388 e. The number of fused-ring (bicyclic) bond motifs is 1. The van der Waals surface area contributed by atoms with Crippen molar-refractivity contribution in [1.82, 2.24) is 0 Å². The minimum absolute atomic E-state index is 0.661. The van der Waals surface area contributed by atoms with Crippen LogP contribution in [0.1, 0.15) is 13.8 Å². The van der Waals surface area contributed by atoms with E-state index in [0.717, 1.165) is 0 Å². The maximum Gasteiger partial charge on any atom is 0.190 e. The van der Waals surface area contributed by atoms with Gasteiger partial charge in [-0.05, 0) is 13.8 Å². The van der Waals surface area contributed by atoms with Crippen LogP contribution in [0.15, 0.2) is 0 Å². The number of aliphatic hydroxyl groups is 2. The molecule has 88 valence electrons. The van der Waals surface area contributed by atoms with Crippen LogP contribution in [0.4, 0.5) is 4.39 Å². The molecule has 2 N–H and O–H groups in total. The molecule has 2 heterocycles. The summed E-state index contributed by atoms with van der Waals surface area (Å²) in [6, 6.07) is 0. The third-order valence-electron chi connectivity index (χ3n) is 2.59. The summed E-state index contributed by atoms with van der Waals surface area (Å²) in [6.07, 6.45) is -4.79. The maximum atomic E-state index is 12.2. The Hall–Kier alpha value is -0.270. The van der Waals surface area contributed by atoms with E-state index in [9.17, 15) is 14.6 Å². The highest BCUT2D eigenvalue weighted by molar-refractivity contribution is 4.95. The number of aliphatic hydroxyl groups excluding tert-OH is 2. The number of hydrogen-bond donors (Lipinski definition) is 2. The Morgan fingerprint density at radius 3 is 2.60 bits per heavy atom. The standard InChI is InChI=1S/C9H15FO5/c1-9(2)14-7-5(12)6(4(11)3-10)13-8(7)15-9/h4-8,11-12H,3H2,1-2H3/t4?,5?,6-,7?,8-/m1/s1. The molecule has 0 bridgehead atoms. The summed E-state index contributed by atoms with van der Waals surface area (Å²) in [7, 11) is 0. The van der Waals surface area contributed by atoms with E-state index >= 15 is 0 Å². The number of alkyl halides is 1. The normalized spacial score (nSPS) is 45.4. The average molecular weight is 222 g/mol. The summed E-state index contributed by atoms with van der Waals surface area (Å²) < 4.78 is 28.1. The first-order valence-electron chi connectivity index (χ1n) is 4.88. The van der Waals surface area contributed by atoms with Gasteiger partial charge in [-0.15, -0.1) is 0 Å². The zero-order valence-corrected chi connectivity index (χ0v) is 8.59. The van der Waals surface area contributed by atoms with E-state index in [0.29, 0.717) is 0 Å². The van der Waals surface area contributed by atoms with Crippen LogP contribution in [0, 0.1) is 0 Å². The highest BCUT2D eigenvalue weighted by atomic mass is 19.1. The minimum atomic E-state index is -1.35. The van der Waals surface area contributed by atoms with Gasteiger partial charge in [0.2, 0.25) is 0 Å². The van der Waals surface area contributed by atoms with E-state index in [2.05, 4.69) is 0 Å². The molecule has 0 amide bonds. The fraction of sp³-hybridized carbons (Fsp3) is 1.00. The fourth-order valence-corrected chi connectivity index (χ4v) is 1.92. The van der Waals surface area contributed by atoms with Gasteiger partial charge in [-0.2, -0.15) is 0 Å². The second kappa shape index (κ2) is 3.64. The van der Waals surface area contributed by atoms with Gasteiger partial charge in [-0.1, -0.05) is 0 Å². The first-order valence-corrected chi connectivity index (χ1v) is 4.88. The number of ether oxygens (including phenoxy) is 3. The lowest BCUT2D eigenvalue weighted by atomic mass is 10.1. The molecular weight excluding hydrogens is 207 g/mol. The molecular formula is C9H15FO5. The zero-order chi connectivity index (χ0) is 11.2. The van der Waals surface area contributed by atoms with Gasteiger partial charge in [0.25, 0.3) is 0 Å². The van der Waals surface area contributed by atoms with Crippen molar-refractivity contribution < 1.29 is 28.8 Å². The molecule has 2 aliphatic heterocycles. The third-order valence-corrected chi connectivity index (χ3v) is 2.59. The smallest absolute Gasteiger partial charge is 0.190 e. The third kappa shape index (κ3) is 1.88. The highest BCUT2D eigenvalue weighted by Gasteiger charge is 2.55. The van der Waals surface area contributed by atoms with Crippen molar-refractivity contribution in [1.29, 1.82) is 0 Å². The van der Waals surface area contributed by atoms with Gasteiger partial charge in [0.1, 0.15) is 31.1 Å². The molecule has 2 rings (SSSR count). The first-order chi connectivity index (χ1) is 6.94. The summed E-state index contributed by atoms with van der Waals surface area (Å²) in [5.74, 6) is -0.818. The van der Waals surface area contributed by atoms with Crippen LogP contribution in [0.5, 0.6) is 0 Å². The van der Waals surface area contributed by atoms with Crippen LogP contribution < -0.4 is 0 Å². The Morgan fingerprint density at radius 1 is 1.40 bits per heavy atom. The van der Waals surface area contributed by atoms with Crippen molar-refractivity contribution in [3.63, 3.8) is 0 Å². The molecule has 5 atom stereocenters. The van der Waals surface area contributed by atoms with Gasteiger partial charge >= 0.3 is 0 Å². The molecule has 0 radical (unpaired) electrons. The molecule has 0 aromatic carbocycles. The number of rotatable bonds is 2. The first kappa shape index (κ1) is 11.2. The van der Waals surface area contributed by atoms with E-state index in [1.54, 1.807) is 13.8 Å². The predicted molar refractivity (Wildman–Crippen MR) is 46.7 cm³/mol. The fourth-order valence-electron chi connectivity index (χ4n) is 1.92. The molecule has 6 heteroatoms. The second-order valence-corrected chi connectivity index (χ2v) is 4.28. The molecule has 3 unspecified atom stereocenters. The summed E-state index contributed by atoms with van der Waals surface area (Å²) in [4.78, 5) is 0. The molecule has 5 nitrogen and oxygen atoms in total. The quantitative estimate of drug-likeness (QED) is 0.662. The van der Waals surface area contributed by atoms with E-state index in [1.807, 2.05) is 0 Å². The molecule has 15 heavy (non-hydrogen) atoms. The van der Waals surface area contributed by atoms with Gasteiger partial charge < -0.3 is 24.4 Å². The van der Waals surface area contributed by atoms with Gasteiger partial charge in [0, 0.05) is 0 Å². The van der Waals surface area contributed by atoms with Crippen LogP contribution in [0.25, 0.3) is 0 Å². The van der Waals surface area contributed by atoms with Crippen LogP contribution in [-0.4, -0.2) is 53.4 Å². The van der Waals surface area contributed by atoms with Crippen molar-refractivity contribution in [2.75, 3.05) is 6.67 Å². The lowest BCUT2D eigenvalue weighted by molar-refractivity contribution is -0.226. The van der Waals surface area contributed by atoms with E-state index in [4.69, 9.17) is 14.2 Å². The van der Waals surface area contributed by atoms with E-state index in [-0.39, 0.29) is 0 Å². The molecule has 2 fully saturated rings. The summed E-state index contributed by atoms with van der Waals surface area (Å²) >= 11 is 0. The molecule has 2 aliphatic rings. The lowest BCUT2D eigenvalue weighted by Crippen LogP contribution is -2.41. The molecule has 0 aromatic rings. The number of hydrogen-bond acceptors (Lipinski definition) is 5. The summed E-state index contributed by atoms with van der Waals surface area (Å²) in [5.41, 5.74) is 0. The Kier molecular flexibility index (Phi) is 2.72. The maximum absolute atomic E-state index is 12.2. The van der Waals surface area contributed by atoms with Crippen LogP contribution in [0.2, 0.25) is 0 Å². The summed E-state index contributed by atoms with van der Waals surface area (Å²) in [6.45, 7) is 2.43. The van der Waals surface area contributed by atoms with Crippen molar-refractivity contribution in [3.05, 3.63) is 0 Å². The summed E-state index contributed by atoms with van der Waals surface area (Å²) in [5, 5.41) is 19.0. The Labute approximate surface area is 86.7 Å². The van der Waals surface area contributed by atoms with Crippen molar-refractivity contribution in [3.8, 4) is 0 Å². The van der Waals surface area contributed by atoms with Crippen molar-refractivity contribution >= 4 is 0 Å². The van der Waals surface area contributed by atoms with E-state index < -0.39 is 43.2 Å². The van der Waals surface area contributed by atoms with Crippen LogP contribution >= 0.6 is 0 Å². The second-order valence-electron chi connectivity index (χ2n) is 4.28. The Balaban J connectivity index is 2.05. The largest absolute Gasteiger partial charge is 0.388 e. The van der Waals surface area contributed by atoms with Gasteiger partial charge in [0.15, 0.2) is 12.1 Å². The van der Waals surface area contributed by atoms with Gasteiger partial charge in [-0.25, -0.2) is 4.39 Å². The van der Waals surface area contributed by atoms with Crippen LogP contribution in [0.3, 0.4) is 0 Å². The molecule has 0 saturated carbocycles. The molecule has 0 aliphatic carbocycles. The molecule has 2 saturated heterocycles. The van der Waals surface area contributed by atoms with Crippen LogP contribution in [-0.2, 0) is 14.2 Å². The predicted octanol–water partition coefficient (Wildman–Crippen LogP) is -0.446. The van der Waals surface area contributed by atoms with Gasteiger partial charge in [0.05, 0.1) is 0 Å². The van der Waals surface area contributed by atoms with Crippen molar-refractivity contribution in [2.24, 2.45) is 0 Å². The highest BCUT2D eigenvalue weighted by Crippen LogP contribution is 2.38. The Morgan fingerprint density at radius 2 is 2.07 bits per heavy atom. The van der Waals surface area contributed by atoms with Gasteiger partial charge in [-0.3, -0.25) is 0 Å². The number of halogens is 1. The topological polar surface area (TPSA) is 68.2 Å². The van der Waals surface area contributed by atoms with E-state index in [1.165, 1.54) is 0 Å². The lowest BCUT2D eigenvalue weighted by Gasteiger charge is -2.24. The molecule has 0 spiro atoms. The van der Waals surface area contributed by atoms with Crippen molar-refractivity contribution in [2.45, 2.75) is 50.3 Å². The average Bonchev–Trinajstić information content (AvgIpc) is 2.60.